The summed E-state index contributed by atoms with van der Waals surface area (Å²) in [5, 5.41) is 10.7. The number of nitrogens with one attached hydrogen (secondary N) is 1. The lowest BCUT2D eigenvalue weighted by molar-refractivity contribution is 0.604. The number of nitrogens with zero attached hydrogens (tertiary/aromatic N) is 1. The van der Waals surface area contributed by atoms with Crippen LogP contribution in [0.3, 0.4) is 0 Å². The van der Waals surface area contributed by atoms with Gasteiger partial charge in [0.15, 0.2) is 0 Å². The molecule has 0 saturated heterocycles. The summed E-state index contributed by atoms with van der Waals surface area (Å²) in [6.07, 6.45) is 4.49. The van der Waals surface area contributed by atoms with E-state index in [1.54, 1.807) is 11.3 Å². The number of hydrogen-bond donors (Lipinski definition) is 2. The van der Waals surface area contributed by atoms with Gasteiger partial charge >= 0.3 is 0 Å². The molecule has 1 aliphatic carbocycles. The van der Waals surface area contributed by atoms with Crippen LogP contribution in [0.15, 0.2) is 11.4 Å². The minimum atomic E-state index is 0.146. The van der Waals surface area contributed by atoms with Crippen molar-refractivity contribution in [2.24, 2.45) is 5.73 Å². The molecule has 14 heavy (non-hydrogen) atoms. The van der Waals surface area contributed by atoms with Gasteiger partial charge in [-0.25, -0.2) is 0 Å². The fourth-order valence-corrected chi connectivity index (χ4v) is 2.52. The van der Waals surface area contributed by atoms with Crippen LogP contribution in [0.5, 0.6) is 0 Å². The summed E-state index contributed by atoms with van der Waals surface area (Å²) in [5.74, 6) is 0. The van der Waals surface area contributed by atoms with E-state index >= 15 is 0 Å². The van der Waals surface area contributed by atoms with Crippen LogP contribution in [0.2, 0.25) is 0 Å². The maximum Gasteiger partial charge on any atom is 0.145 e. The molecule has 0 atom stereocenters. The minimum Gasteiger partial charge on any atom is -0.325 e. The Morgan fingerprint density at radius 1 is 1.57 bits per heavy atom. The van der Waals surface area contributed by atoms with Gasteiger partial charge < -0.3 is 5.73 Å². The van der Waals surface area contributed by atoms with Gasteiger partial charge in [-0.3, -0.25) is 5.10 Å². The summed E-state index contributed by atoms with van der Waals surface area (Å²) in [7, 11) is 0. The van der Waals surface area contributed by atoms with E-state index in [1.165, 1.54) is 23.9 Å². The van der Waals surface area contributed by atoms with Crippen LogP contribution >= 0.6 is 11.3 Å². The van der Waals surface area contributed by atoms with E-state index in [9.17, 15) is 0 Å². The van der Waals surface area contributed by atoms with E-state index in [0.717, 1.165) is 17.7 Å². The third-order valence-electron chi connectivity index (χ3n) is 3.03. The first-order valence-corrected chi connectivity index (χ1v) is 5.84. The molecule has 1 fully saturated rings. The minimum absolute atomic E-state index is 0.146. The predicted octanol–water partition coefficient (Wildman–Crippen LogP) is 2.05. The summed E-state index contributed by atoms with van der Waals surface area (Å²) >= 11 is 1.68. The lowest BCUT2D eigenvalue weighted by Gasteiger charge is -2.05. The molecule has 3 nitrogen and oxygen atoms in total. The summed E-state index contributed by atoms with van der Waals surface area (Å²) < 4.78 is 0. The van der Waals surface area contributed by atoms with Crippen LogP contribution in [0.1, 0.15) is 25.0 Å². The fraction of sp³-hybridized carbons (Fsp3) is 0.500. The molecule has 74 valence electrons. The summed E-state index contributed by atoms with van der Waals surface area (Å²) in [6, 6.07) is 2.13. The van der Waals surface area contributed by atoms with Crippen LogP contribution in [-0.4, -0.2) is 15.7 Å². The Balaban J connectivity index is 1.81. The Morgan fingerprint density at radius 3 is 3.21 bits per heavy atom. The number of aryl methyl sites for hydroxylation is 1. The van der Waals surface area contributed by atoms with Crippen molar-refractivity contribution in [3.63, 3.8) is 0 Å². The molecule has 0 radical (unpaired) electrons. The van der Waals surface area contributed by atoms with Gasteiger partial charge in [0.05, 0.1) is 0 Å². The van der Waals surface area contributed by atoms with Gasteiger partial charge in [-0.15, -0.1) is 11.3 Å². The second kappa shape index (κ2) is 2.81. The van der Waals surface area contributed by atoms with Crippen molar-refractivity contribution < 1.29 is 0 Å². The van der Waals surface area contributed by atoms with Gasteiger partial charge in [-0.05, 0) is 37.1 Å². The first kappa shape index (κ1) is 8.44. The maximum atomic E-state index is 6.05. The standard InChI is InChI=1S/C10H13N3S/c11-10(4-5-10)3-1-8-7-2-6-14-9(7)13-12-8/h2,6H,1,3-5,11H2,(H,12,13). The SMILES string of the molecule is NC1(CCc2[nH]nc3sccc23)CC1. The zero-order chi connectivity index (χ0) is 9.60. The van der Waals surface area contributed by atoms with Gasteiger partial charge in [0.2, 0.25) is 0 Å². The number of H-pyrrole nitrogens is 1. The van der Waals surface area contributed by atoms with Crippen molar-refractivity contribution >= 4 is 21.6 Å². The van der Waals surface area contributed by atoms with Crippen molar-refractivity contribution in [2.45, 2.75) is 31.2 Å². The molecule has 0 bridgehead atoms. The quantitative estimate of drug-likeness (QED) is 0.809. The van der Waals surface area contributed by atoms with Gasteiger partial charge in [-0.2, -0.15) is 5.10 Å². The summed E-state index contributed by atoms with van der Waals surface area (Å²) in [4.78, 5) is 1.11. The monoisotopic (exact) mass is 207 g/mol. The molecule has 0 aliphatic heterocycles. The Labute approximate surface area is 86.3 Å². The molecule has 2 aromatic rings. The Morgan fingerprint density at radius 2 is 2.43 bits per heavy atom. The number of fused-ring (bicyclic) bond motifs is 1. The molecule has 3 N–H and O–H groups in total. The van der Waals surface area contributed by atoms with Crippen LogP contribution in [0.4, 0.5) is 0 Å². The van der Waals surface area contributed by atoms with Crippen LogP contribution in [-0.2, 0) is 6.42 Å². The van der Waals surface area contributed by atoms with Crippen molar-refractivity contribution in [2.75, 3.05) is 0 Å². The molecule has 1 aliphatic rings. The number of aromatic nitrogens is 2. The van der Waals surface area contributed by atoms with E-state index in [-0.39, 0.29) is 5.54 Å². The topological polar surface area (TPSA) is 54.7 Å². The normalized spacial score (nSPS) is 18.9. The number of aromatic amines is 1. The molecule has 0 amide bonds. The van der Waals surface area contributed by atoms with Gasteiger partial charge in [-0.1, -0.05) is 0 Å². The first-order valence-electron chi connectivity index (χ1n) is 4.96. The largest absolute Gasteiger partial charge is 0.325 e. The lowest BCUT2D eigenvalue weighted by atomic mass is 10.1. The zero-order valence-electron chi connectivity index (χ0n) is 7.92. The van der Waals surface area contributed by atoms with E-state index in [4.69, 9.17) is 5.73 Å². The number of hydrogen-bond acceptors (Lipinski definition) is 3. The Kier molecular flexibility index (Phi) is 1.69. The van der Waals surface area contributed by atoms with E-state index in [0.29, 0.717) is 0 Å². The second-order valence-electron chi connectivity index (χ2n) is 4.20. The van der Waals surface area contributed by atoms with Crippen LogP contribution in [0, 0.1) is 0 Å². The fourth-order valence-electron chi connectivity index (χ4n) is 1.77. The molecule has 4 heteroatoms. The van der Waals surface area contributed by atoms with E-state index in [1.807, 2.05) is 0 Å². The smallest absolute Gasteiger partial charge is 0.145 e. The van der Waals surface area contributed by atoms with Crippen molar-refractivity contribution in [1.29, 1.82) is 0 Å². The average Bonchev–Trinajstić information content (AvgIpc) is 2.65. The number of nitrogens with two attached hydrogens (primary N) is 1. The third-order valence-corrected chi connectivity index (χ3v) is 3.83. The van der Waals surface area contributed by atoms with Gasteiger partial charge in [0, 0.05) is 16.6 Å². The first-order chi connectivity index (χ1) is 6.77. The molecule has 3 rings (SSSR count). The molecule has 0 aromatic carbocycles. The van der Waals surface area contributed by atoms with Crippen molar-refractivity contribution in [3.8, 4) is 0 Å². The zero-order valence-corrected chi connectivity index (χ0v) is 8.73. The van der Waals surface area contributed by atoms with Gasteiger partial charge in [0.1, 0.15) is 4.83 Å². The van der Waals surface area contributed by atoms with Crippen LogP contribution in [0.25, 0.3) is 10.2 Å². The van der Waals surface area contributed by atoms with Gasteiger partial charge in [0.25, 0.3) is 0 Å². The molecule has 2 aromatic heterocycles. The number of thiophene rings is 1. The second-order valence-corrected chi connectivity index (χ2v) is 5.10. The van der Waals surface area contributed by atoms with E-state index in [2.05, 4.69) is 21.6 Å². The highest BCUT2D eigenvalue weighted by Crippen LogP contribution is 2.37. The molecule has 0 unspecified atom stereocenters. The Bertz CT molecular complexity index is 453. The lowest BCUT2D eigenvalue weighted by Crippen LogP contribution is -2.22. The molecular weight excluding hydrogens is 194 g/mol. The highest BCUT2D eigenvalue weighted by molar-refractivity contribution is 7.16. The molecule has 0 spiro atoms. The van der Waals surface area contributed by atoms with Crippen molar-refractivity contribution in [3.05, 3.63) is 17.1 Å². The third kappa shape index (κ3) is 1.35. The summed E-state index contributed by atoms with van der Waals surface area (Å²) in [5.41, 5.74) is 7.45. The molecule has 2 heterocycles. The predicted molar refractivity (Wildman–Crippen MR) is 58.4 cm³/mol. The average molecular weight is 207 g/mol. The highest BCUT2D eigenvalue weighted by Gasteiger charge is 2.37. The van der Waals surface area contributed by atoms with Crippen molar-refractivity contribution in [1.82, 2.24) is 10.2 Å². The summed E-state index contributed by atoms with van der Waals surface area (Å²) in [6.45, 7) is 0. The molecular formula is C10H13N3S. The Hall–Kier alpha value is -0.870. The van der Waals surface area contributed by atoms with Crippen LogP contribution < -0.4 is 5.73 Å². The highest BCUT2D eigenvalue weighted by atomic mass is 32.1. The number of rotatable bonds is 3. The van der Waals surface area contributed by atoms with E-state index < -0.39 is 0 Å². The maximum absolute atomic E-state index is 6.05. The molecule has 1 saturated carbocycles.